The average Bonchev–Trinajstić information content (AvgIpc) is 2.67. The zero-order chi connectivity index (χ0) is 20.1. The summed E-state index contributed by atoms with van der Waals surface area (Å²) in [5, 5.41) is 2.51. The molecule has 2 aromatic carbocycles. The van der Waals surface area contributed by atoms with E-state index in [9.17, 15) is 18.0 Å². The second kappa shape index (κ2) is 8.54. The highest BCUT2D eigenvalue weighted by atomic mass is 19.4. The second-order valence-electron chi connectivity index (χ2n) is 6.95. The number of nitrogens with zero attached hydrogens (tertiary/aromatic N) is 1. The molecule has 1 aliphatic rings. The first kappa shape index (κ1) is 20.0. The molecule has 0 aliphatic carbocycles. The van der Waals surface area contributed by atoms with E-state index in [4.69, 9.17) is 4.74 Å². The van der Waals surface area contributed by atoms with Crippen molar-refractivity contribution in [3.8, 4) is 0 Å². The molecule has 1 N–H and O–H groups in total. The Balaban J connectivity index is 1.80. The SMILES string of the molecule is CC1CCCCN1c1ccc(C(F)(F)F)cc1NC(=O)OCc1ccccc1. The van der Waals surface area contributed by atoms with Crippen molar-refractivity contribution in [2.24, 2.45) is 0 Å². The van der Waals surface area contributed by atoms with Crippen molar-refractivity contribution in [1.29, 1.82) is 0 Å². The Hall–Kier alpha value is -2.70. The number of anilines is 2. The second-order valence-corrected chi connectivity index (χ2v) is 6.95. The number of benzene rings is 2. The number of ether oxygens (including phenoxy) is 1. The first-order chi connectivity index (χ1) is 13.3. The van der Waals surface area contributed by atoms with E-state index < -0.39 is 17.8 Å². The van der Waals surface area contributed by atoms with Crippen LogP contribution < -0.4 is 10.2 Å². The molecule has 0 spiro atoms. The minimum atomic E-state index is -4.49. The third-order valence-electron chi connectivity index (χ3n) is 4.89. The number of rotatable bonds is 4. The summed E-state index contributed by atoms with van der Waals surface area (Å²) in [6, 6.07) is 12.7. The highest BCUT2D eigenvalue weighted by molar-refractivity contribution is 5.90. The van der Waals surface area contributed by atoms with Crippen molar-refractivity contribution in [3.63, 3.8) is 0 Å². The van der Waals surface area contributed by atoms with E-state index in [2.05, 4.69) is 5.32 Å². The predicted molar refractivity (Wildman–Crippen MR) is 102 cm³/mol. The Morgan fingerprint density at radius 2 is 1.93 bits per heavy atom. The monoisotopic (exact) mass is 392 g/mol. The molecule has 2 aromatic rings. The van der Waals surface area contributed by atoms with Gasteiger partial charge in [-0.15, -0.1) is 0 Å². The van der Waals surface area contributed by atoms with Crippen LogP contribution in [0, 0.1) is 0 Å². The summed E-state index contributed by atoms with van der Waals surface area (Å²) in [7, 11) is 0. The highest BCUT2D eigenvalue weighted by Crippen LogP contribution is 2.37. The van der Waals surface area contributed by atoms with Crippen molar-refractivity contribution < 1.29 is 22.7 Å². The number of piperidine rings is 1. The van der Waals surface area contributed by atoms with Gasteiger partial charge in [-0.25, -0.2) is 4.79 Å². The van der Waals surface area contributed by atoms with Crippen molar-refractivity contribution in [3.05, 3.63) is 59.7 Å². The fourth-order valence-corrected chi connectivity index (χ4v) is 3.39. The summed E-state index contributed by atoms with van der Waals surface area (Å²) >= 11 is 0. The normalized spacial score (nSPS) is 17.3. The van der Waals surface area contributed by atoms with E-state index in [1.807, 2.05) is 30.0 Å². The van der Waals surface area contributed by atoms with E-state index >= 15 is 0 Å². The molecule has 1 heterocycles. The van der Waals surface area contributed by atoms with Crippen molar-refractivity contribution in [1.82, 2.24) is 0 Å². The Morgan fingerprint density at radius 1 is 1.18 bits per heavy atom. The van der Waals surface area contributed by atoms with Gasteiger partial charge in [-0.2, -0.15) is 13.2 Å². The van der Waals surface area contributed by atoms with Gasteiger partial charge in [-0.05, 0) is 49.9 Å². The van der Waals surface area contributed by atoms with Crippen LogP contribution in [0.25, 0.3) is 0 Å². The van der Waals surface area contributed by atoms with Crippen molar-refractivity contribution >= 4 is 17.5 Å². The van der Waals surface area contributed by atoms with Crippen LogP contribution in [-0.2, 0) is 17.5 Å². The molecule has 28 heavy (non-hydrogen) atoms. The van der Waals surface area contributed by atoms with Crippen LogP contribution in [0.5, 0.6) is 0 Å². The fraction of sp³-hybridized carbons (Fsp3) is 0.381. The summed E-state index contributed by atoms with van der Waals surface area (Å²) in [5.74, 6) is 0. The molecule has 1 amide bonds. The lowest BCUT2D eigenvalue weighted by Crippen LogP contribution is -2.38. The summed E-state index contributed by atoms with van der Waals surface area (Å²) in [6.45, 7) is 2.82. The molecule has 0 saturated carbocycles. The predicted octanol–water partition coefficient (Wildman–Crippen LogP) is 5.83. The number of alkyl halides is 3. The number of hydrogen-bond donors (Lipinski definition) is 1. The Labute approximate surface area is 162 Å². The van der Waals surface area contributed by atoms with Crippen LogP contribution in [-0.4, -0.2) is 18.7 Å². The topological polar surface area (TPSA) is 41.6 Å². The lowest BCUT2D eigenvalue weighted by molar-refractivity contribution is -0.137. The first-order valence-electron chi connectivity index (χ1n) is 9.30. The molecule has 3 rings (SSSR count). The van der Waals surface area contributed by atoms with Gasteiger partial charge in [-0.1, -0.05) is 30.3 Å². The van der Waals surface area contributed by atoms with Crippen LogP contribution in [0.1, 0.15) is 37.3 Å². The molecule has 1 unspecified atom stereocenters. The molecule has 1 atom stereocenters. The number of halogens is 3. The van der Waals surface area contributed by atoms with Gasteiger partial charge >= 0.3 is 12.3 Å². The summed E-state index contributed by atoms with van der Waals surface area (Å²) in [5.41, 5.74) is 0.685. The molecule has 150 valence electrons. The molecular formula is C21H23F3N2O2. The minimum Gasteiger partial charge on any atom is -0.444 e. The van der Waals surface area contributed by atoms with Gasteiger partial charge in [-0.3, -0.25) is 5.32 Å². The Morgan fingerprint density at radius 3 is 2.61 bits per heavy atom. The maximum atomic E-state index is 13.2. The molecule has 1 saturated heterocycles. The zero-order valence-corrected chi connectivity index (χ0v) is 15.6. The summed E-state index contributed by atoms with van der Waals surface area (Å²) in [6.07, 6.45) is -2.27. The summed E-state index contributed by atoms with van der Waals surface area (Å²) < 4.78 is 44.7. The molecule has 7 heteroatoms. The number of carbonyl (C=O) groups excluding carboxylic acids is 1. The largest absolute Gasteiger partial charge is 0.444 e. The third-order valence-corrected chi connectivity index (χ3v) is 4.89. The maximum Gasteiger partial charge on any atom is 0.416 e. The van der Waals surface area contributed by atoms with Crippen LogP contribution in [0.2, 0.25) is 0 Å². The Bertz CT molecular complexity index is 809. The van der Waals surface area contributed by atoms with E-state index in [1.165, 1.54) is 6.07 Å². The van der Waals surface area contributed by atoms with E-state index in [-0.39, 0.29) is 18.3 Å². The quantitative estimate of drug-likeness (QED) is 0.711. The number of nitrogens with one attached hydrogen (secondary N) is 1. The molecule has 0 radical (unpaired) electrons. The van der Waals surface area contributed by atoms with Gasteiger partial charge in [0.1, 0.15) is 6.61 Å². The van der Waals surface area contributed by atoms with Crippen LogP contribution in [0.4, 0.5) is 29.3 Å². The molecule has 0 aromatic heterocycles. The van der Waals surface area contributed by atoms with E-state index in [0.29, 0.717) is 5.69 Å². The smallest absolute Gasteiger partial charge is 0.416 e. The van der Waals surface area contributed by atoms with Gasteiger partial charge in [0.15, 0.2) is 0 Å². The molecule has 1 fully saturated rings. The zero-order valence-electron chi connectivity index (χ0n) is 15.6. The lowest BCUT2D eigenvalue weighted by atomic mass is 10.0. The maximum absolute atomic E-state index is 13.2. The van der Waals surface area contributed by atoms with Gasteiger partial charge in [0.05, 0.1) is 16.9 Å². The standard InChI is InChI=1S/C21H23F3N2O2/c1-15-7-5-6-12-26(15)19-11-10-17(21(22,23)24)13-18(19)25-20(27)28-14-16-8-3-2-4-9-16/h2-4,8-11,13,15H,5-7,12,14H2,1H3,(H,25,27). The lowest BCUT2D eigenvalue weighted by Gasteiger charge is -2.36. The average molecular weight is 392 g/mol. The van der Waals surface area contributed by atoms with E-state index in [1.54, 1.807) is 12.1 Å². The first-order valence-corrected chi connectivity index (χ1v) is 9.30. The molecule has 1 aliphatic heterocycles. The van der Waals surface area contributed by atoms with Gasteiger partial charge < -0.3 is 9.64 Å². The van der Waals surface area contributed by atoms with Crippen molar-refractivity contribution in [2.75, 3.05) is 16.8 Å². The van der Waals surface area contributed by atoms with E-state index in [0.717, 1.165) is 43.5 Å². The Kier molecular flexibility index (Phi) is 6.11. The fourth-order valence-electron chi connectivity index (χ4n) is 3.39. The highest BCUT2D eigenvalue weighted by Gasteiger charge is 2.32. The van der Waals surface area contributed by atoms with Gasteiger partial charge in [0.2, 0.25) is 0 Å². The van der Waals surface area contributed by atoms with Crippen LogP contribution in [0.15, 0.2) is 48.5 Å². The number of amides is 1. The van der Waals surface area contributed by atoms with Crippen molar-refractivity contribution in [2.45, 2.75) is 45.0 Å². The molecular weight excluding hydrogens is 369 g/mol. The van der Waals surface area contributed by atoms with Crippen LogP contribution >= 0.6 is 0 Å². The van der Waals surface area contributed by atoms with Crippen LogP contribution in [0.3, 0.4) is 0 Å². The number of carbonyl (C=O) groups is 1. The molecule has 0 bridgehead atoms. The third kappa shape index (κ3) is 4.97. The van der Waals surface area contributed by atoms with Gasteiger partial charge in [0.25, 0.3) is 0 Å². The minimum absolute atomic E-state index is 0.0427. The number of hydrogen-bond acceptors (Lipinski definition) is 3. The van der Waals surface area contributed by atoms with Gasteiger partial charge in [0, 0.05) is 12.6 Å². The molecule has 4 nitrogen and oxygen atoms in total. The summed E-state index contributed by atoms with van der Waals surface area (Å²) in [4.78, 5) is 14.3.